The van der Waals surface area contributed by atoms with Crippen LogP contribution in [0.25, 0.3) is 5.78 Å². The van der Waals surface area contributed by atoms with Crippen LogP contribution in [0.3, 0.4) is 0 Å². The highest BCUT2D eigenvalue weighted by atomic mass is 16.5. The number of nitrogens with one attached hydrogen (secondary N) is 1. The van der Waals surface area contributed by atoms with Gasteiger partial charge in [-0.3, -0.25) is 4.79 Å². The largest absolute Gasteiger partial charge is 0.491 e. The molecule has 7 heteroatoms. The van der Waals surface area contributed by atoms with Crippen LogP contribution in [0.15, 0.2) is 42.7 Å². The molecule has 0 bridgehead atoms. The maximum Gasteiger partial charge on any atom is 0.252 e. The van der Waals surface area contributed by atoms with Crippen molar-refractivity contribution >= 4 is 11.7 Å². The van der Waals surface area contributed by atoms with Gasteiger partial charge in [-0.05, 0) is 57.4 Å². The lowest BCUT2D eigenvalue weighted by molar-refractivity contribution is -0.121. The van der Waals surface area contributed by atoms with E-state index in [-0.39, 0.29) is 24.5 Å². The number of fused-ring (bicyclic) bond motifs is 1. The summed E-state index contributed by atoms with van der Waals surface area (Å²) in [5.74, 6) is 1.76. The molecule has 0 saturated carbocycles. The summed E-state index contributed by atoms with van der Waals surface area (Å²) in [6, 6.07) is 9.96. The Labute approximate surface area is 158 Å². The van der Waals surface area contributed by atoms with Crippen molar-refractivity contribution in [3.05, 3.63) is 54.1 Å². The van der Waals surface area contributed by atoms with Crippen molar-refractivity contribution in [1.29, 1.82) is 0 Å². The zero-order valence-electron chi connectivity index (χ0n) is 15.9. The van der Waals surface area contributed by atoms with Gasteiger partial charge < -0.3 is 10.1 Å². The first kappa shape index (κ1) is 18.8. The second-order valence-corrected chi connectivity index (χ2v) is 6.89. The Balaban J connectivity index is 1.45. The topological polar surface area (TPSA) is 81.4 Å². The summed E-state index contributed by atoms with van der Waals surface area (Å²) < 4.78 is 7.22. The van der Waals surface area contributed by atoms with E-state index in [4.69, 9.17) is 4.74 Å². The first-order valence-corrected chi connectivity index (χ1v) is 9.21. The van der Waals surface area contributed by atoms with Gasteiger partial charge in [0, 0.05) is 18.4 Å². The fourth-order valence-corrected chi connectivity index (χ4v) is 2.78. The molecular formula is C20H25N5O2. The molecule has 1 amide bonds. The number of carbonyl (C=O) groups is 1. The summed E-state index contributed by atoms with van der Waals surface area (Å²) in [5.41, 5.74) is 1.22. The minimum atomic E-state index is -0.0842. The standard InChI is InChI=1S/C20H25N5O2/c1-14(2)27-17-9-7-16(8-10-17)6-5-15(3)22-19(26)13-18-23-20-21-11-4-12-25(20)24-18/h4,7-12,14-15H,5-6,13H2,1-3H3,(H,22,26). The van der Waals surface area contributed by atoms with E-state index in [0.29, 0.717) is 11.6 Å². The van der Waals surface area contributed by atoms with Gasteiger partial charge in [-0.25, -0.2) is 9.50 Å². The van der Waals surface area contributed by atoms with Gasteiger partial charge in [0.2, 0.25) is 5.91 Å². The molecule has 1 unspecified atom stereocenters. The number of nitrogens with zero attached hydrogens (tertiary/aromatic N) is 4. The highest BCUT2D eigenvalue weighted by molar-refractivity contribution is 5.78. The fourth-order valence-electron chi connectivity index (χ4n) is 2.78. The SMILES string of the molecule is CC(CCc1ccc(OC(C)C)cc1)NC(=O)Cc1nc2ncccn2n1. The van der Waals surface area contributed by atoms with Gasteiger partial charge >= 0.3 is 0 Å². The van der Waals surface area contributed by atoms with Crippen molar-refractivity contribution in [3.63, 3.8) is 0 Å². The van der Waals surface area contributed by atoms with Crippen LogP contribution >= 0.6 is 0 Å². The average molecular weight is 367 g/mol. The fraction of sp³-hybridized carbons (Fsp3) is 0.400. The van der Waals surface area contributed by atoms with Gasteiger partial charge in [0.25, 0.3) is 5.78 Å². The summed E-state index contributed by atoms with van der Waals surface area (Å²) in [6.07, 6.45) is 5.48. The highest BCUT2D eigenvalue weighted by Gasteiger charge is 2.12. The van der Waals surface area contributed by atoms with Gasteiger partial charge in [0.05, 0.1) is 12.5 Å². The number of hydrogen-bond donors (Lipinski definition) is 1. The Morgan fingerprint density at radius 3 is 2.70 bits per heavy atom. The normalized spacial score (nSPS) is 12.3. The molecule has 142 valence electrons. The molecule has 0 aliphatic rings. The van der Waals surface area contributed by atoms with Crippen molar-refractivity contribution in [3.8, 4) is 5.75 Å². The van der Waals surface area contributed by atoms with Crippen LogP contribution in [0.1, 0.15) is 38.6 Å². The summed E-state index contributed by atoms with van der Waals surface area (Å²) >= 11 is 0. The van der Waals surface area contributed by atoms with E-state index in [1.54, 1.807) is 23.0 Å². The maximum absolute atomic E-state index is 12.2. The van der Waals surface area contributed by atoms with Gasteiger partial charge in [0.1, 0.15) is 5.75 Å². The predicted octanol–water partition coefficient (Wildman–Crippen LogP) is 2.59. The highest BCUT2D eigenvalue weighted by Crippen LogP contribution is 2.15. The van der Waals surface area contributed by atoms with E-state index in [1.807, 2.05) is 32.9 Å². The molecule has 0 radical (unpaired) electrons. The van der Waals surface area contributed by atoms with Crippen LogP contribution < -0.4 is 10.1 Å². The zero-order chi connectivity index (χ0) is 19.2. The van der Waals surface area contributed by atoms with Crippen molar-refractivity contribution in [1.82, 2.24) is 24.9 Å². The molecule has 0 aliphatic carbocycles. The van der Waals surface area contributed by atoms with E-state index in [1.165, 1.54) is 5.56 Å². The van der Waals surface area contributed by atoms with Gasteiger partial charge in [-0.1, -0.05) is 12.1 Å². The quantitative estimate of drug-likeness (QED) is 0.662. The third-order valence-corrected chi connectivity index (χ3v) is 4.05. The minimum absolute atomic E-state index is 0.0687. The van der Waals surface area contributed by atoms with Crippen LogP contribution in [-0.4, -0.2) is 37.6 Å². The number of carbonyl (C=O) groups excluding carboxylic acids is 1. The summed E-state index contributed by atoms with van der Waals surface area (Å²) in [7, 11) is 0. The van der Waals surface area contributed by atoms with Crippen LogP contribution in [0, 0.1) is 0 Å². The first-order chi connectivity index (χ1) is 13.0. The second-order valence-electron chi connectivity index (χ2n) is 6.89. The molecule has 0 spiro atoms. The average Bonchev–Trinajstić information content (AvgIpc) is 3.02. The number of ether oxygens (including phenoxy) is 1. The molecule has 0 fully saturated rings. The number of benzene rings is 1. The molecule has 3 aromatic rings. The van der Waals surface area contributed by atoms with Crippen LogP contribution in [0.5, 0.6) is 5.75 Å². The maximum atomic E-state index is 12.2. The molecule has 0 aliphatic heterocycles. The monoisotopic (exact) mass is 367 g/mol. The molecule has 3 rings (SSSR count). The van der Waals surface area contributed by atoms with E-state index < -0.39 is 0 Å². The van der Waals surface area contributed by atoms with Gasteiger partial charge in [0.15, 0.2) is 5.82 Å². The van der Waals surface area contributed by atoms with E-state index in [2.05, 4.69) is 32.5 Å². The number of rotatable bonds is 8. The summed E-state index contributed by atoms with van der Waals surface area (Å²) in [6.45, 7) is 6.03. The number of aryl methyl sites for hydroxylation is 1. The lowest BCUT2D eigenvalue weighted by Gasteiger charge is -2.14. The van der Waals surface area contributed by atoms with Crippen molar-refractivity contribution < 1.29 is 9.53 Å². The molecule has 0 saturated heterocycles. The van der Waals surface area contributed by atoms with E-state index in [0.717, 1.165) is 18.6 Å². The molecule has 7 nitrogen and oxygen atoms in total. The summed E-state index contributed by atoms with van der Waals surface area (Å²) in [4.78, 5) is 20.6. The lowest BCUT2D eigenvalue weighted by Crippen LogP contribution is -2.34. The number of aromatic nitrogens is 4. The molecule has 1 atom stereocenters. The molecular weight excluding hydrogens is 342 g/mol. The first-order valence-electron chi connectivity index (χ1n) is 9.21. The number of amides is 1. The molecule has 27 heavy (non-hydrogen) atoms. The molecule has 2 heterocycles. The lowest BCUT2D eigenvalue weighted by atomic mass is 10.1. The third kappa shape index (κ3) is 5.51. The predicted molar refractivity (Wildman–Crippen MR) is 103 cm³/mol. The van der Waals surface area contributed by atoms with Gasteiger partial charge in [-0.2, -0.15) is 4.98 Å². The van der Waals surface area contributed by atoms with E-state index in [9.17, 15) is 4.79 Å². The molecule has 2 aromatic heterocycles. The Kier molecular flexibility index (Phi) is 6.01. The van der Waals surface area contributed by atoms with Crippen molar-refractivity contribution in [2.24, 2.45) is 0 Å². The van der Waals surface area contributed by atoms with Crippen LogP contribution in [0.2, 0.25) is 0 Å². The van der Waals surface area contributed by atoms with Crippen LogP contribution in [-0.2, 0) is 17.6 Å². The second kappa shape index (κ2) is 8.62. The van der Waals surface area contributed by atoms with Crippen molar-refractivity contribution in [2.45, 2.75) is 52.2 Å². The minimum Gasteiger partial charge on any atom is -0.491 e. The summed E-state index contributed by atoms with van der Waals surface area (Å²) in [5, 5.41) is 7.26. The molecule has 1 N–H and O–H groups in total. The Morgan fingerprint density at radius 1 is 1.22 bits per heavy atom. The van der Waals surface area contributed by atoms with E-state index >= 15 is 0 Å². The number of hydrogen-bond acceptors (Lipinski definition) is 5. The van der Waals surface area contributed by atoms with Crippen LogP contribution in [0.4, 0.5) is 0 Å². The third-order valence-electron chi connectivity index (χ3n) is 4.05. The smallest absolute Gasteiger partial charge is 0.252 e. The molecule has 1 aromatic carbocycles. The Morgan fingerprint density at radius 2 is 2.00 bits per heavy atom. The Bertz CT molecular complexity index is 856. The van der Waals surface area contributed by atoms with Crippen molar-refractivity contribution in [2.75, 3.05) is 0 Å². The Hall–Kier alpha value is -2.96. The van der Waals surface area contributed by atoms with Gasteiger partial charge in [-0.15, -0.1) is 5.10 Å². The zero-order valence-corrected chi connectivity index (χ0v) is 15.9.